The Morgan fingerprint density at radius 2 is 2.04 bits per heavy atom. The normalized spacial score (nSPS) is 17.9. The molecule has 0 bridgehead atoms. The number of nitriles is 1. The van der Waals surface area contributed by atoms with Gasteiger partial charge in [-0.3, -0.25) is 9.88 Å². The van der Waals surface area contributed by atoms with Crippen molar-refractivity contribution in [3.05, 3.63) is 63.9 Å². The molecule has 0 saturated carbocycles. The number of morpholine rings is 1. The molecule has 1 aliphatic rings. The van der Waals surface area contributed by atoms with Gasteiger partial charge in [0, 0.05) is 47.5 Å². The molecule has 24 heavy (non-hydrogen) atoms. The maximum atomic E-state index is 10.2. The summed E-state index contributed by atoms with van der Waals surface area (Å²) in [5.41, 5.74) is 0.911. The Morgan fingerprint density at radius 3 is 2.67 bits per heavy atom. The molecule has 0 spiro atoms. The lowest BCUT2D eigenvalue weighted by atomic mass is 9.83. The SMILES string of the molecule is N#CC(Cc1ccc(Cl)cc1Cl)(c1cccnc1)N1CCOCC1. The molecule has 4 nitrogen and oxygen atoms in total. The van der Waals surface area contributed by atoms with Crippen molar-refractivity contribution in [1.29, 1.82) is 5.26 Å². The fourth-order valence-electron chi connectivity index (χ4n) is 3.06. The minimum atomic E-state index is -0.838. The second kappa shape index (κ2) is 7.50. The zero-order valence-electron chi connectivity index (χ0n) is 13.1. The standard InChI is InChI=1S/C18H17Cl2N3O/c19-16-4-3-14(17(20)10-16)11-18(13-21,15-2-1-5-22-12-15)23-6-8-24-9-7-23/h1-5,10,12H,6-9,11H2. The van der Waals surface area contributed by atoms with E-state index in [1.165, 1.54) is 0 Å². The molecule has 1 unspecified atom stereocenters. The van der Waals surface area contributed by atoms with Gasteiger partial charge < -0.3 is 4.74 Å². The number of hydrogen-bond donors (Lipinski definition) is 0. The summed E-state index contributed by atoms with van der Waals surface area (Å²) >= 11 is 12.4. The van der Waals surface area contributed by atoms with Gasteiger partial charge in [-0.1, -0.05) is 35.3 Å². The highest BCUT2D eigenvalue weighted by Crippen LogP contribution is 2.35. The van der Waals surface area contributed by atoms with E-state index in [4.69, 9.17) is 27.9 Å². The number of pyridine rings is 1. The van der Waals surface area contributed by atoms with E-state index in [1.807, 2.05) is 18.2 Å². The van der Waals surface area contributed by atoms with Crippen LogP contribution in [0, 0.1) is 11.3 Å². The number of ether oxygens (including phenoxy) is 1. The Kier molecular flexibility index (Phi) is 5.37. The highest BCUT2D eigenvalue weighted by molar-refractivity contribution is 6.35. The fourth-order valence-corrected chi connectivity index (χ4v) is 3.54. The summed E-state index contributed by atoms with van der Waals surface area (Å²) in [6.45, 7) is 2.59. The average Bonchev–Trinajstić information content (AvgIpc) is 2.63. The van der Waals surface area contributed by atoms with Crippen LogP contribution in [-0.2, 0) is 16.7 Å². The lowest BCUT2D eigenvalue weighted by molar-refractivity contribution is -0.00525. The van der Waals surface area contributed by atoms with E-state index in [1.54, 1.807) is 24.5 Å². The van der Waals surface area contributed by atoms with Crippen LogP contribution in [-0.4, -0.2) is 36.2 Å². The van der Waals surface area contributed by atoms with Crippen molar-refractivity contribution in [2.24, 2.45) is 0 Å². The monoisotopic (exact) mass is 361 g/mol. The molecule has 1 saturated heterocycles. The molecular formula is C18H17Cl2N3O. The van der Waals surface area contributed by atoms with Crippen molar-refractivity contribution in [3.63, 3.8) is 0 Å². The lowest BCUT2D eigenvalue weighted by Gasteiger charge is -2.41. The van der Waals surface area contributed by atoms with Gasteiger partial charge in [0.1, 0.15) is 5.54 Å². The van der Waals surface area contributed by atoms with E-state index < -0.39 is 5.54 Å². The quantitative estimate of drug-likeness (QED) is 0.833. The number of halogens is 2. The predicted octanol–water partition coefficient (Wildman–Crippen LogP) is 3.68. The van der Waals surface area contributed by atoms with Crippen LogP contribution in [0.25, 0.3) is 0 Å². The molecule has 0 N–H and O–H groups in total. The van der Waals surface area contributed by atoms with Crippen LogP contribution >= 0.6 is 23.2 Å². The maximum Gasteiger partial charge on any atom is 0.140 e. The Labute approximate surface area is 151 Å². The zero-order valence-corrected chi connectivity index (χ0v) is 14.6. The summed E-state index contributed by atoms with van der Waals surface area (Å²) in [5, 5.41) is 11.3. The highest BCUT2D eigenvalue weighted by atomic mass is 35.5. The summed E-state index contributed by atoms with van der Waals surface area (Å²) in [5.74, 6) is 0. The second-order valence-electron chi connectivity index (χ2n) is 5.73. The first-order valence-corrected chi connectivity index (χ1v) is 8.50. The molecule has 0 aliphatic carbocycles. The van der Waals surface area contributed by atoms with Crippen molar-refractivity contribution in [2.75, 3.05) is 26.3 Å². The molecule has 0 radical (unpaired) electrons. The van der Waals surface area contributed by atoms with Crippen molar-refractivity contribution in [1.82, 2.24) is 9.88 Å². The topological polar surface area (TPSA) is 49.2 Å². The van der Waals surface area contributed by atoms with Gasteiger partial charge in [-0.05, 0) is 23.8 Å². The molecule has 124 valence electrons. The molecule has 1 aromatic carbocycles. The maximum absolute atomic E-state index is 10.2. The average molecular weight is 362 g/mol. The third kappa shape index (κ3) is 3.40. The second-order valence-corrected chi connectivity index (χ2v) is 6.57. The third-order valence-corrected chi connectivity index (χ3v) is 4.92. The van der Waals surface area contributed by atoms with Crippen molar-refractivity contribution in [3.8, 4) is 6.07 Å². The van der Waals surface area contributed by atoms with Crippen LogP contribution in [0.2, 0.25) is 10.0 Å². The smallest absolute Gasteiger partial charge is 0.140 e. The van der Waals surface area contributed by atoms with Gasteiger partial charge in [0.2, 0.25) is 0 Å². The van der Waals surface area contributed by atoms with Gasteiger partial charge in [-0.15, -0.1) is 0 Å². The molecule has 2 heterocycles. The first-order chi connectivity index (χ1) is 11.7. The van der Waals surface area contributed by atoms with Gasteiger partial charge in [0.05, 0.1) is 19.3 Å². The summed E-state index contributed by atoms with van der Waals surface area (Å²) in [4.78, 5) is 6.36. The largest absolute Gasteiger partial charge is 0.379 e. The van der Waals surface area contributed by atoms with Crippen LogP contribution in [0.3, 0.4) is 0 Å². The van der Waals surface area contributed by atoms with E-state index in [-0.39, 0.29) is 0 Å². The number of nitrogens with zero attached hydrogens (tertiary/aromatic N) is 3. The highest BCUT2D eigenvalue weighted by Gasteiger charge is 2.40. The van der Waals surface area contributed by atoms with Crippen LogP contribution in [0.4, 0.5) is 0 Å². The minimum Gasteiger partial charge on any atom is -0.379 e. The Balaban J connectivity index is 2.05. The van der Waals surface area contributed by atoms with Gasteiger partial charge >= 0.3 is 0 Å². The van der Waals surface area contributed by atoms with Gasteiger partial charge in [-0.25, -0.2) is 0 Å². The van der Waals surface area contributed by atoms with Crippen molar-refractivity contribution >= 4 is 23.2 Å². The van der Waals surface area contributed by atoms with E-state index in [0.717, 1.165) is 11.1 Å². The predicted molar refractivity (Wildman–Crippen MR) is 94.1 cm³/mol. The molecule has 1 aliphatic heterocycles. The molecule has 1 aromatic heterocycles. The Bertz CT molecular complexity index is 742. The minimum absolute atomic E-state index is 0.463. The third-order valence-electron chi connectivity index (χ3n) is 4.34. The van der Waals surface area contributed by atoms with Gasteiger partial charge in [0.15, 0.2) is 0 Å². The Hall–Kier alpha value is -1.64. The summed E-state index contributed by atoms with van der Waals surface area (Å²) in [6, 6.07) is 11.7. The number of rotatable bonds is 4. The van der Waals surface area contributed by atoms with Crippen molar-refractivity contribution < 1.29 is 4.74 Å². The van der Waals surface area contributed by atoms with E-state index in [2.05, 4.69) is 16.0 Å². The first kappa shape index (κ1) is 17.2. The molecule has 1 fully saturated rings. The molecule has 0 amide bonds. The van der Waals surface area contributed by atoms with Gasteiger partial charge in [0.25, 0.3) is 0 Å². The van der Waals surface area contributed by atoms with Gasteiger partial charge in [-0.2, -0.15) is 5.26 Å². The first-order valence-electron chi connectivity index (χ1n) is 7.74. The molecular weight excluding hydrogens is 345 g/mol. The molecule has 2 aromatic rings. The molecule has 1 atom stereocenters. The van der Waals surface area contributed by atoms with Crippen LogP contribution < -0.4 is 0 Å². The lowest BCUT2D eigenvalue weighted by Crippen LogP contribution is -2.52. The Morgan fingerprint density at radius 1 is 1.25 bits per heavy atom. The summed E-state index contributed by atoms with van der Waals surface area (Å²) in [7, 11) is 0. The van der Waals surface area contributed by atoms with E-state index in [0.29, 0.717) is 42.8 Å². The summed E-state index contributed by atoms with van der Waals surface area (Å²) in [6.07, 6.45) is 3.92. The van der Waals surface area contributed by atoms with Crippen molar-refractivity contribution in [2.45, 2.75) is 12.0 Å². The van der Waals surface area contributed by atoms with E-state index >= 15 is 0 Å². The number of benzene rings is 1. The zero-order chi connectivity index (χ0) is 17.0. The molecule has 3 rings (SSSR count). The van der Waals surface area contributed by atoms with E-state index in [9.17, 15) is 5.26 Å². The number of aromatic nitrogens is 1. The molecule has 6 heteroatoms. The van der Waals surface area contributed by atoms with Crippen LogP contribution in [0.15, 0.2) is 42.7 Å². The van der Waals surface area contributed by atoms with Crippen LogP contribution in [0.1, 0.15) is 11.1 Å². The summed E-state index contributed by atoms with van der Waals surface area (Å²) < 4.78 is 5.45. The fraction of sp³-hybridized carbons (Fsp3) is 0.333. The van der Waals surface area contributed by atoms with Crippen LogP contribution in [0.5, 0.6) is 0 Å². The number of hydrogen-bond acceptors (Lipinski definition) is 4.